The largest absolute Gasteiger partial charge is 0.507 e. The first-order valence-corrected chi connectivity index (χ1v) is 10.5. The van der Waals surface area contributed by atoms with E-state index in [4.69, 9.17) is 14.7 Å². The summed E-state index contributed by atoms with van der Waals surface area (Å²) in [6, 6.07) is 21.9. The zero-order valence-electron chi connectivity index (χ0n) is 17.6. The van der Waals surface area contributed by atoms with Crippen LogP contribution in [0.15, 0.2) is 82.8 Å². The molecule has 0 bridgehead atoms. The van der Waals surface area contributed by atoms with Crippen molar-refractivity contribution < 1.29 is 14.9 Å². The van der Waals surface area contributed by atoms with E-state index in [1.807, 2.05) is 55.5 Å². The van der Waals surface area contributed by atoms with Gasteiger partial charge in [0.2, 0.25) is 5.72 Å². The number of benzene rings is 3. The molecule has 3 unspecified atom stereocenters. The van der Waals surface area contributed by atoms with Crippen LogP contribution in [0.3, 0.4) is 0 Å². The highest BCUT2D eigenvalue weighted by molar-refractivity contribution is 5.84. The number of hydrogen-bond acceptors (Lipinski definition) is 5. The number of phenolic OH excluding ortho intramolecular Hbond substituents is 2. The van der Waals surface area contributed by atoms with Crippen molar-refractivity contribution in [1.82, 2.24) is 0 Å². The van der Waals surface area contributed by atoms with Gasteiger partial charge in [-0.3, -0.25) is 4.99 Å². The molecule has 3 aromatic carbocycles. The molecule has 0 radical (unpaired) electrons. The minimum Gasteiger partial charge on any atom is -0.507 e. The summed E-state index contributed by atoms with van der Waals surface area (Å²) in [5.41, 5.74) is 1.46. The lowest BCUT2D eigenvalue weighted by atomic mass is 9.81. The number of para-hydroxylation sites is 3. The van der Waals surface area contributed by atoms with Crippen LogP contribution in [0.25, 0.3) is 0 Å². The summed E-state index contributed by atoms with van der Waals surface area (Å²) in [5, 5.41) is 20.3. The SMILES string of the molecule is CCC1(/N=C/c2ccccc2O)Oc2ccccc2C(N=Cc2ccccc2O)C1C. The summed E-state index contributed by atoms with van der Waals surface area (Å²) in [4.78, 5) is 9.70. The van der Waals surface area contributed by atoms with Crippen LogP contribution in [-0.4, -0.2) is 28.4 Å². The fourth-order valence-electron chi connectivity index (χ4n) is 3.99. The molecule has 5 heteroatoms. The maximum Gasteiger partial charge on any atom is 0.204 e. The van der Waals surface area contributed by atoms with Crippen molar-refractivity contribution in [3.05, 3.63) is 89.5 Å². The van der Waals surface area contributed by atoms with E-state index in [0.717, 1.165) is 11.3 Å². The molecule has 2 N–H and O–H groups in total. The minimum atomic E-state index is -0.836. The number of fused-ring (bicyclic) bond motifs is 1. The Hall–Kier alpha value is -3.60. The lowest BCUT2D eigenvalue weighted by Gasteiger charge is -2.43. The summed E-state index contributed by atoms with van der Waals surface area (Å²) in [5.74, 6) is 1.03. The highest BCUT2D eigenvalue weighted by Gasteiger charge is 2.46. The minimum absolute atomic E-state index is 0.0865. The average molecular weight is 415 g/mol. The molecule has 3 atom stereocenters. The molecular formula is C26H26N2O3. The Balaban J connectivity index is 1.75. The maximum absolute atomic E-state index is 10.1. The lowest BCUT2D eigenvalue weighted by Crippen LogP contribution is -2.46. The Labute approximate surface area is 182 Å². The quantitative estimate of drug-likeness (QED) is 0.541. The van der Waals surface area contributed by atoms with E-state index in [1.165, 1.54) is 0 Å². The molecule has 0 spiro atoms. The third-order valence-corrected chi connectivity index (χ3v) is 5.89. The van der Waals surface area contributed by atoms with E-state index in [1.54, 1.807) is 36.7 Å². The predicted octanol–water partition coefficient (Wildman–Crippen LogP) is 5.51. The van der Waals surface area contributed by atoms with Gasteiger partial charge in [0.05, 0.1) is 6.04 Å². The normalized spacial score (nSPS) is 23.0. The van der Waals surface area contributed by atoms with Crippen molar-refractivity contribution in [3.8, 4) is 17.2 Å². The third kappa shape index (κ3) is 4.04. The Kier molecular flexibility index (Phi) is 5.76. The molecule has 0 saturated heterocycles. The molecule has 0 fully saturated rings. The van der Waals surface area contributed by atoms with Crippen LogP contribution in [0.1, 0.15) is 43.0 Å². The monoisotopic (exact) mass is 414 g/mol. The van der Waals surface area contributed by atoms with E-state index in [2.05, 4.69) is 6.92 Å². The van der Waals surface area contributed by atoms with Crippen LogP contribution in [-0.2, 0) is 0 Å². The average Bonchev–Trinajstić information content (AvgIpc) is 2.79. The number of phenols is 2. The van der Waals surface area contributed by atoms with Gasteiger partial charge in [-0.15, -0.1) is 0 Å². The van der Waals surface area contributed by atoms with Gasteiger partial charge in [-0.1, -0.05) is 56.3 Å². The molecule has 3 aromatic rings. The first kappa shape index (κ1) is 20.7. The van der Waals surface area contributed by atoms with Crippen LogP contribution < -0.4 is 4.74 Å². The van der Waals surface area contributed by atoms with Crippen LogP contribution in [0.4, 0.5) is 0 Å². The van der Waals surface area contributed by atoms with E-state index in [9.17, 15) is 10.2 Å². The Morgan fingerprint density at radius 2 is 1.45 bits per heavy atom. The molecular weight excluding hydrogens is 388 g/mol. The van der Waals surface area contributed by atoms with Gasteiger partial charge >= 0.3 is 0 Å². The van der Waals surface area contributed by atoms with E-state index < -0.39 is 5.72 Å². The fraction of sp³-hybridized carbons (Fsp3) is 0.231. The number of aromatic hydroxyl groups is 2. The topological polar surface area (TPSA) is 74.4 Å². The number of nitrogens with zero attached hydrogens (tertiary/aromatic N) is 2. The van der Waals surface area contributed by atoms with Crippen molar-refractivity contribution in [2.75, 3.05) is 0 Å². The van der Waals surface area contributed by atoms with Crippen molar-refractivity contribution in [2.45, 2.75) is 32.0 Å². The number of aliphatic imine (C=N–C) groups is 2. The van der Waals surface area contributed by atoms with Gasteiger partial charge in [0.15, 0.2) is 0 Å². The molecule has 158 valence electrons. The van der Waals surface area contributed by atoms with Gasteiger partial charge in [-0.2, -0.15) is 0 Å². The second-order valence-electron chi connectivity index (χ2n) is 7.73. The highest BCUT2D eigenvalue weighted by atomic mass is 16.5. The molecule has 0 aromatic heterocycles. The first-order chi connectivity index (χ1) is 15.0. The molecule has 5 nitrogen and oxygen atoms in total. The van der Waals surface area contributed by atoms with Gasteiger partial charge in [0, 0.05) is 41.5 Å². The van der Waals surface area contributed by atoms with Crippen molar-refractivity contribution >= 4 is 12.4 Å². The van der Waals surface area contributed by atoms with Crippen LogP contribution >= 0.6 is 0 Å². The maximum atomic E-state index is 10.1. The van der Waals surface area contributed by atoms with E-state index in [0.29, 0.717) is 17.5 Å². The van der Waals surface area contributed by atoms with Crippen molar-refractivity contribution in [2.24, 2.45) is 15.9 Å². The smallest absolute Gasteiger partial charge is 0.204 e. The molecule has 1 heterocycles. The predicted molar refractivity (Wildman–Crippen MR) is 123 cm³/mol. The van der Waals surface area contributed by atoms with Crippen LogP contribution in [0.2, 0.25) is 0 Å². The Morgan fingerprint density at radius 1 is 0.871 bits per heavy atom. The fourth-order valence-corrected chi connectivity index (χ4v) is 3.99. The summed E-state index contributed by atoms with van der Waals surface area (Å²) in [6.07, 6.45) is 4.02. The third-order valence-electron chi connectivity index (χ3n) is 5.89. The molecule has 1 aliphatic rings. The Morgan fingerprint density at radius 3 is 2.10 bits per heavy atom. The number of ether oxygens (including phenoxy) is 1. The molecule has 31 heavy (non-hydrogen) atoms. The van der Waals surface area contributed by atoms with Crippen LogP contribution in [0, 0.1) is 5.92 Å². The first-order valence-electron chi connectivity index (χ1n) is 10.5. The van der Waals surface area contributed by atoms with Gasteiger partial charge < -0.3 is 14.9 Å². The zero-order valence-corrected chi connectivity index (χ0v) is 17.6. The van der Waals surface area contributed by atoms with E-state index in [-0.39, 0.29) is 23.5 Å². The number of hydrogen-bond donors (Lipinski definition) is 2. The lowest BCUT2D eigenvalue weighted by molar-refractivity contribution is -0.00816. The van der Waals surface area contributed by atoms with E-state index >= 15 is 0 Å². The summed E-state index contributed by atoms with van der Waals surface area (Å²) >= 11 is 0. The van der Waals surface area contributed by atoms with Gasteiger partial charge in [-0.05, 0) is 30.3 Å². The molecule has 0 amide bonds. The second kappa shape index (κ2) is 8.64. The van der Waals surface area contributed by atoms with Gasteiger partial charge in [-0.25, -0.2) is 4.99 Å². The molecule has 0 aliphatic carbocycles. The summed E-state index contributed by atoms with van der Waals surface area (Å²) in [6.45, 7) is 4.12. The van der Waals surface area contributed by atoms with Crippen molar-refractivity contribution in [3.63, 3.8) is 0 Å². The summed E-state index contributed by atoms with van der Waals surface area (Å²) < 4.78 is 6.45. The number of rotatable bonds is 5. The van der Waals surface area contributed by atoms with Crippen LogP contribution in [0.5, 0.6) is 17.2 Å². The molecule has 4 rings (SSSR count). The zero-order chi connectivity index (χ0) is 21.8. The van der Waals surface area contributed by atoms with Crippen molar-refractivity contribution in [1.29, 1.82) is 0 Å². The second-order valence-corrected chi connectivity index (χ2v) is 7.73. The van der Waals surface area contributed by atoms with Gasteiger partial charge in [0.1, 0.15) is 17.2 Å². The Bertz CT molecular complexity index is 1120. The molecule has 1 aliphatic heterocycles. The molecule has 0 saturated carbocycles. The highest BCUT2D eigenvalue weighted by Crippen LogP contribution is 2.47. The van der Waals surface area contributed by atoms with Gasteiger partial charge in [0.25, 0.3) is 0 Å². The standard InChI is InChI=1S/C26H26N2O3/c1-3-26(28-17-20-11-5-8-14-23(20)30)18(2)25(21-12-6-9-15-24(21)31-26)27-16-19-10-4-7-13-22(19)29/h4-18,25,29-30H,3H2,1-2H3/b27-16?,28-17+. The summed E-state index contributed by atoms with van der Waals surface area (Å²) in [7, 11) is 0.